The monoisotopic (exact) mass is 272 g/mol. The van der Waals surface area contributed by atoms with Crippen molar-refractivity contribution in [3.8, 4) is 0 Å². The summed E-state index contributed by atoms with van der Waals surface area (Å²) < 4.78 is 14.4. The van der Waals surface area contributed by atoms with Crippen molar-refractivity contribution in [3.05, 3.63) is 34.1 Å². The van der Waals surface area contributed by atoms with Gasteiger partial charge >= 0.3 is 0 Å². The lowest BCUT2D eigenvalue weighted by molar-refractivity contribution is 0.104. The summed E-state index contributed by atoms with van der Waals surface area (Å²) in [5.74, 6) is -0.234. The molecule has 0 bridgehead atoms. The number of rotatable bonds is 1. The first-order chi connectivity index (χ1) is 7.18. The van der Waals surface area contributed by atoms with Crippen molar-refractivity contribution in [2.45, 2.75) is 37.7 Å². The molecule has 0 aliphatic heterocycles. The SMILES string of the molecule is O[C@H]1CCCC[C@@H]1c1ccc(Br)cc1F. The topological polar surface area (TPSA) is 20.2 Å². The third-order valence-corrected chi connectivity index (χ3v) is 3.58. The predicted octanol–water partition coefficient (Wildman–Crippen LogP) is 3.61. The molecule has 0 aromatic heterocycles. The summed E-state index contributed by atoms with van der Waals surface area (Å²) >= 11 is 3.23. The summed E-state index contributed by atoms with van der Waals surface area (Å²) in [4.78, 5) is 0. The van der Waals surface area contributed by atoms with E-state index in [9.17, 15) is 9.50 Å². The molecule has 0 amide bonds. The van der Waals surface area contributed by atoms with Gasteiger partial charge in [-0.1, -0.05) is 34.8 Å². The molecule has 0 heterocycles. The average Bonchev–Trinajstić information content (AvgIpc) is 2.20. The summed E-state index contributed by atoms with van der Waals surface area (Å²) in [5, 5.41) is 9.84. The second-order valence-corrected chi connectivity index (χ2v) is 5.04. The molecule has 0 spiro atoms. The lowest BCUT2D eigenvalue weighted by atomic mass is 9.81. The number of aliphatic hydroxyl groups excluding tert-OH is 1. The lowest BCUT2D eigenvalue weighted by Gasteiger charge is -2.28. The molecule has 2 rings (SSSR count). The molecule has 1 aromatic rings. The number of aliphatic hydroxyl groups is 1. The van der Waals surface area contributed by atoms with Gasteiger partial charge in [0, 0.05) is 10.4 Å². The molecular formula is C12H14BrFO. The molecule has 0 saturated heterocycles. The first-order valence-electron chi connectivity index (χ1n) is 5.31. The van der Waals surface area contributed by atoms with E-state index in [2.05, 4.69) is 15.9 Å². The van der Waals surface area contributed by atoms with E-state index in [-0.39, 0.29) is 17.8 Å². The Morgan fingerprint density at radius 1 is 1.27 bits per heavy atom. The standard InChI is InChI=1S/C12H14BrFO/c13-8-5-6-9(11(14)7-8)10-3-1-2-4-12(10)15/h5-7,10,12,15H,1-4H2/t10-,12+/m1/s1. The van der Waals surface area contributed by atoms with Crippen LogP contribution in [0.1, 0.15) is 37.2 Å². The van der Waals surface area contributed by atoms with Crippen molar-refractivity contribution >= 4 is 15.9 Å². The molecule has 82 valence electrons. The first kappa shape index (κ1) is 11.1. The summed E-state index contributed by atoms with van der Waals surface area (Å²) in [7, 11) is 0. The van der Waals surface area contributed by atoms with Crippen molar-refractivity contribution in [1.82, 2.24) is 0 Å². The van der Waals surface area contributed by atoms with Gasteiger partial charge in [-0.3, -0.25) is 0 Å². The van der Waals surface area contributed by atoms with Gasteiger partial charge in [0.05, 0.1) is 6.10 Å². The van der Waals surface area contributed by atoms with Crippen molar-refractivity contribution in [2.75, 3.05) is 0 Å². The predicted molar refractivity (Wildman–Crippen MR) is 61.3 cm³/mol. The molecule has 1 aliphatic rings. The Kier molecular flexibility index (Phi) is 3.42. The van der Waals surface area contributed by atoms with Gasteiger partial charge in [0.1, 0.15) is 5.82 Å². The molecule has 0 radical (unpaired) electrons. The maximum Gasteiger partial charge on any atom is 0.127 e. The van der Waals surface area contributed by atoms with Gasteiger partial charge in [-0.2, -0.15) is 0 Å². The van der Waals surface area contributed by atoms with Gasteiger partial charge in [-0.15, -0.1) is 0 Å². The van der Waals surface area contributed by atoms with Crippen LogP contribution >= 0.6 is 15.9 Å². The van der Waals surface area contributed by atoms with Crippen molar-refractivity contribution in [3.63, 3.8) is 0 Å². The van der Waals surface area contributed by atoms with E-state index in [1.165, 1.54) is 6.07 Å². The van der Waals surface area contributed by atoms with E-state index in [0.29, 0.717) is 5.56 Å². The van der Waals surface area contributed by atoms with E-state index in [4.69, 9.17) is 0 Å². The Hall–Kier alpha value is -0.410. The van der Waals surface area contributed by atoms with Crippen LogP contribution in [-0.4, -0.2) is 11.2 Å². The van der Waals surface area contributed by atoms with Gasteiger partial charge in [-0.25, -0.2) is 4.39 Å². The number of benzene rings is 1. The zero-order valence-electron chi connectivity index (χ0n) is 8.42. The van der Waals surface area contributed by atoms with E-state index in [0.717, 1.165) is 30.2 Å². The highest BCUT2D eigenvalue weighted by molar-refractivity contribution is 9.10. The average molecular weight is 273 g/mol. The molecule has 1 aromatic carbocycles. The van der Waals surface area contributed by atoms with E-state index >= 15 is 0 Å². The lowest BCUT2D eigenvalue weighted by Crippen LogP contribution is -2.23. The molecule has 1 aliphatic carbocycles. The normalized spacial score (nSPS) is 26.6. The summed E-state index contributed by atoms with van der Waals surface area (Å²) in [5.41, 5.74) is 0.658. The quantitative estimate of drug-likeness (QED) is 0.828. The summed E-state index contributed by atoms with van der Waals surface area (Å²) in [6.45, 7) is 0. The van der Waals surface area contributed by atoms with Gasteiger partial charge in [0.25, 0.3) is 0 Å². The van der Waals surface area contributed by atoms with Crippen LogP contribution < -0.4 is 0 Å². The fourth-order valence-electron chi connectivity index (χ4n) is 2.28. The fourth-order valence-corrected chi connectivity index (χ4v) is 2.61. The first-order valence-corrected chi connectivity index (χ1v) is 6.11. The van der Waals surface area contributed by atoms with Crippen molar-refractivity contribution in [1.29, 1.82) is 0 Å². The molecular weight excluding hydrogens is 259 g/mol. The van der Waals surface area contributed by atoms with Crippen LogP contribution in [0.4, 0.5) is 4.39 Å². The fraction of sp³-hybridized carbons (Fsp3) is 0.500. The van der Waals surface area contributed by atoms with Crippen LogP contribution in [0.5, 0.6) is 0 Å². The highest BCUT2D eigenvalue weighted by Gasteiger charge is 2.26. The van der Waals surface area contributed by atoms with Gasteiger partial charge in [0.2, 0.25) is 0 Å². The Labute approximate surface area is 97.4 Å². The summed E-state index contributed by atoms with van der Waals surface area (Å²) in [6, 6.07) is 5.08. The zero-order chi connectivity index (χ0) is 10.8. The Bertz CT molecular complexity index is 353. The third kappa shape index (κ3) is 2.40. The molecule has 1 N–H and O–H groups in total. The molecule has 3 heteroatoms. The molecule has 0 unspecified atom stereocenters. The van der Waals surface area contributed by atoms with Crippen LogP contribution in [-0.2, 0) is 0 Å². The number of hydrogen-bond donors (Lipinski definition) is 1. The van der Waals surface area contributed by atoms with Crippen LogP contribution in [0.3, 0.4) is 0 Å². The molecule has 1 nitrogen and oxygen atoms in total. The van der Waals surface area contributed by atoms with Crippen LogP contribution in [0, 0.1) is 5.82 Å². The van der Waals surface area contributed by atoms with Gasteiger partial charge in [-0.05, 0) is 30.5 Å². The van der Waals surface area contributed by atoms with Crippen LogP contribution in [0.2, 0.25) is 0 Å². The smallest absolute Gasteiger partial charge is 0.127 e. The largest absolute Gasteiger partial charge is 0.392 e. The maximum absolute atomic E-state index is 13.7. The maximum atomic E-state index is 13.7. The second kappa shape index (κ2) is 4.62. The Balaban J connectivity index is 2.27. The van der Waals surface area contributed by atoms with E-state index < -0.39 is 0 Å². The van der Waals surface area contributed by atoms with Crippen molar-refractivity contribution < 1.29 is 9.50 Å². The Morgan fingerprint density at radius 3 is 2.67 bits per heavy atom. The minimum absolute atomic E-state index is 0.0214. The number of hydrogen-bond acceptors (Lipinski definition) is 1. The van der Waals surface area contributed by atoms with Crippen molar-refractivity contribution in [2.24, 2.45) is 0 Å². The second-order valence-electron chi connectivity index (χ2n) is 4.12. The highest BCUT2D eigenvalue weighted by Crippen LogP contribution is 2.34. The van der Waals surface area contributed by atoms with E-state index in [1.54, 1.807) is 6.07 Å². The van der Waals surface area contributed by atoms with Crippen LogP contribution in [0.25, 0.3) is 0 Å². The molecule has 2 atom stereocenters. The third-order valence-electron chi connectivity index (χ3n) is 3.09. The molecule has 1 fully saturated rings. The highest BCUT2D eigenvalue weighted by atomic mass is 79.9. The minimum Gasteiger partial charge on any atom is -0.392 e. The Morgan fingerprint density at radius 2 is 2.00 bits per heavy atom. The van der Waals surface area contributed by atoms with Gasteiger partial charge in [0.15, 0.2) is 0 Å². The van der Waals surface area contributed by atoms with Gasteiger partial charge < -0.3 is 5.11 Å². The number of halogens is 2. The summed E-state index contributed by atoms with van der Waals surface area (Å²) in [6.07, 6.45) is 3.43. The van der Waals surface area contributed by atoms with Crippen LogP contribution in [0.15, 0.2) is 22.7 Å². The van der Waals surface area contributed by atoms with E-state index in [1.807, 2.05) is 6.07 Å². The zero-order valence-corrected chi connectivity index (χ0v) is 10.0. The molecule has 1 saturated carbocycles. The molecule has 15 heavy (non-hydrogen) atoms. The minimum atomic E-state index is -0.380.